The van der Waals surface area contributed by atoms with Gasteiger partial charge in [0.15, 0.2) is 6.04 Å². The fourth-order valence-corrected chi connectivity index (χ4v) is 7.41. The van der Waals surface area contributed by atoms with Gasteiger partial charge in [0.1, 0.15) is 43.5 Å². The van der Waals surface area contributed by atoms with Gasteiger partial charge < -0.3 is 39.4 Å². The fraction of sp³-hybridized carbons (Fsp3) is 0.537. The van der Waals surface area contributed by atoms with Gasteiger partial charge in [-0.2, -0.15) is 0 Å². The second-order valence-corrected chi connectivity index (χ2v) is 19.3. The summed E-state index contributed by atoms with van der Waals surface area (Å²) < 4.78 is 20.8. The molecule has 20 heteroatoms. The van der Waals surface area contributed by atoms with Crippen LogP contribution in [-0.4, -0.2) is 136 Å². The molecule has 0 aromatic heterocycles. The number of hydrogen-bond donors (Lipinski definition) is 2. The van der Waals surface area contributed by atoms with Gasteiger partial charge in [-0.25, -0.2) is 19.2 Å². The molecule has 0 fully saturated rings. The summed E-state index contributed by atoms with van der Waals surface area (Å²) in [4.78, 5) is 94.9. The number of esters is 2. The molecule has 5 amide bonds. The van der Waals surface area contributed by atoms with Gasteiger partial charge in [0.2, 0.25) is 21.5 Å². The molecule has 2 aromatic carbocycles. The Bertz CT molecular complexity index is 1880. The molecule has 0 bridgehead atoms. The van der Waals surface area contributed by atoms with Crippen LogP contribution in [0, 0.1) is 5.92 Å². The maximum Gasteiger partial charge on any atom is 0.408 e. The van der Waals surface area contributed by atoms with Crippen molar-refractivity contribution in [3.8, 4) is 11.1 Å². The average molecular weight is 931 g/mol. The summed E-state index contributed by atoms with van der Waals surface area (Å²) >= 11 is 18.3. The predicted molar refractivity (Wildman–Crippen MR) is 232 cm³/mol. The van der Waals surface area contributed by atoms with Gasteiger partial charge in [0.05, 0.1) is 0 Å². The molecule has 0 saturated heterocycles. The van der Waals surface area contributed by atoms with E-state index in [1.807, 2.05) is 48.5 Å². The number of nitrogens with zero attached hydrogens (tertiary/aromatic N) is 3. The van der Waals surface area contributed by atoms with Crippen molar-refractivity contribution in [1.29, 1.82) is 0 Å². The quantitative estimate of drug-likeness (QED) is 0.0854. The largest absolute Gasteiger partial charge is 0.461 e. The number of alkyl halides is 3. The molecule has 4 atom stereocenters. The lowest BCUT2D eigenvalue weighted by molar-refractivity contribution is -0.161. The first-order chi connectivity index (χ1) is 28.3. The number of halogens is 3. The number of alkyl carbamates (subject to hydrolysis) is 2. The van der Waals surface area contributed by atoms with Crippen LogP contribution < -0.4 is 10.6 Å². The van der Waals surface area contributed by atoms with Crippen LogP contribution in [0.5, 0.6) is 0 Å². The number of nitrogens with one attached hydrogen (secondary N) is 2. The Morgan fingerprint density at radius 3 is 1.82 bits per heavy atom. The highest BCUT2D eigenvalue weighted by molar-refractivity contribution is 7.97. The van der Waals surface area contributed by atoms with Crippen LogP contribution in [0.15, 0.2) is 48.5 Å². The van der Waals surface area contributed by atoms with Crippen molar-refractivity contribution >= 4 is 88.6 Å². The molecule has 61 heavy (non-hydrogen) atoms. The number of likely N-dealkylation sites (N-methyl/N-ethyl adjacent to an activating group) is 2. The van der Waals surface area contributed by atoms with E-state index in [-0.39, 0.29) is 24.2 Å². The lowest BCUT2D eigenvalue weighted by Crippen LogP contribution is -2.58. The first kappa shape index (κ1) is 50.9. The van der Waals surface area contributed by atoms with Crippen molar-refractivity contribution in [3.05, 3.63) is 59.7 Å². The lowest BCUT2D eigenvalue weighted by Gasteiger charge is -2.36. The summed E-state index contributed by atoms with van der Waals surface area (Å²) in [6.07, 6.45) is -1.88. The number of ether oxygens (including phenoxy) is 4. The molecule has 0 spiro atoms. The Morgan fingerprint density at radius 2 is 1.31 bits per heavy atom. The van der Waals surface area contributed by atoms with E-state index in [2.05, 4.69) is 10.6 Å². The van der Waals surface area contributed by atoms with E-state index in [1.165, 1.54) is 39.3 Å². The van der Waals surface area contributed by atoms with E-state index in [0.717, 1.165) is 44.0 Å². The van der Waals surface area contributed by atoms with Gasteiger partial charge in [-0.15, -0.1) is 0 Å². The standard InChI is InChI=1S/C41H54Cl3N5O11S/c1-23(2)33(48(9)35(52)32(21-61-49(10)25(4)50)47(8)34(51)24(3)45-39(56)60-40(5,6)7)37(54)57-20-31(36(53)59-22-41(42,43)44)46-38(55)58-19-30-28-17-13-11-15-26(28)27-16-12-14-18-29(27)30/h11-18,23-24,30-33H,19-22H2,1-10H3,(H,45,56)(H,46,55)/t24-,31+,32-,33-/m0/s1. The van der Waals surface area contributed by atoms with Gasteiger partial charge in [0, 0.05) is 39.7 Å². The SMILES string of the molecule is CC(=O)N(C)SC[C@@H](C(=O)N(C)[C@H](C(=O)OC[C@@H](NC(=O)OCC1c2ccccc2-c2ccccc21)C(=O)OCC(Cl)(Cl)Cl)C(C)C)N(C)C(=O)[C@H](C)NC(=O)OC(C)(C)C. The van der Waals surface area contributed by atoms with Gasteiger partial charge in [-0.1, -0.05) is 97.2 Å². The number of carbonyl (C=O) groups excluding carboxylic acids is 7. The molecule has 0 heterocycles. The third-order valence-corrected chi connectivity index (χ3v) is 10.8. The van der Waals surface area contributed by atoms with Gasteiger partial charge in [-0.05, 0) is 67.8 Å². The van der Waals surface area contributed by atoms with Crippen molar-refractivity contribution in [2.45, 2.75) is 87.9 Å². The highest BCUT2D eigenvalue weighted by atomic mass is 35.6. The summed E-state index contributed by atoms with van der Waals surface area (Å²) in [6, 6.07) is 10.1. The number of rotatable bonds is 17. The van der Waals surface area contributed by atoms with Crippen LogP contribution >= 0.6 is 46.8 Å². The summed E-state index contributed by atoms with van der Waals surface area (Å²) in [5, 5.41) is 4.84. The Kier molecular flexibility index (Phi) is 18.4. The Balaban J connectivity index is 1.80. The molecule has 1 aliphatic rings. The number of fused-ring (bicyclic) bond motifs is 3. The summed E-state index contributed by atoms with van der Waals surface area (Å²) in [7, 11) is 4.18. The first-order valence-corrected chi connectivity index (χ1v) is 21.3. The van der Waals surface area contributed by atoms with Crippen LogP contribution in [0.4, 0.5) is 9.59 Å². The molecule has 2 aromatic rings. The van der Waals surface area contributed by atoms with Crippen molar-refractivity contribution in [3.63, 3.8) is 0 Å². The minimum Gasteiger partial charge on any atom is -0.461 e. The Hall–Kier alpha value is -4.45. The number of benzene rings is 2. The molecule has 2 N–H and O–H groups in total. The van der Waals surface area contributed by atoms with Crippen molar-refractivity contribution in [1.82, 2.24) is 24.7 Å². The topological polar surface area (TPSA) is 190 Å². The monoisotopic (exact) mass is 929 g/mol. The van der Waals surface area contributed by atoms with E-state index in [0.29, 0.717) is 0 Å². The smallest absolute Gasteiger partial charge is 0.408 e. The summed E-state index contributed by atoms with van der Waals surface area (Å²) in [6.45, 7) is 9.45. The molecule has 3 rings (SSSR count). The molecular weight excluding hydrogens is 877 g/mol. The van der Waals surface area contributed by atoms with Crippen molar-refractivity contribution in [2.75, 3.05) is 46.7 Å². The highest BCUT2D eigenvalue weighted by Gasteiger charge is 2.40. The van der Waals surface area contributed by atoms with Crippen LogP contribution in [-0.2, 0) is 42.9 Å². The summed E-state index contributed by atoms with van der Waals surface area (Å²) in [5.41, 5.74) is 3.08. The number of carbonyl (C=O) groups is 7. The molecular formula is C41H54Cl3N5O11S. The van der Waals surface area contributed by atoms with Gasteiger partial charge in [0.25, 0.3) is 0 Å². The second-order valence-electron chi connectivity index (χ2n) is 15.7. The van der Waals surface area contributed by atoms with E-state index < -0.39 is 88.6 Å². The maximum atomic E-state index is 14.3. The minimum atomic E-state index is -2.00. The zero-order valence-electron chi connectivity index (χ0n) is 35.8. The Morgan fingerprint density at radius 1 is 0.754 bits per heavy atom. The lowest BCUT2D eigenvalue weighted by atomic mass is 9.98. The normalized spacial score (nSPS) is 14.3. The van der Waals surface area contributed by atoms with Crippen LogP contribution in [0.25, 0.3) is 11.1 Å². The number of amides is 5. The van der Waals surface area contributed by atoms with Crippen molar-refractivity contribution in [2.24, 2.45) is 5.92 Å². The first-order valence-electron chi connectivity index (χ1n) is 19.2. The predicted octanol–water partition coefficient (Wildman–Crippen LogP) is 5.70. The third kappa shape index (κ3) is 14.9. The fourth-order valence-electron chi connectivity index (χ4n) is 6.33. The molecule has 336 valence electrons. The molecule has 0 aliphatic heterocycles. The zero-order chi connectivity index (χ0) is 46.0. The van der Waals surface area contributed by atoms with Crippen molar-refractivity contribution < 1.29 is 52.5 Å². The number of hydrogen-bond acceptors (Lipinski definition) is 12. The second kappa shape index (κ2) is 22.1. The maximum absolute atomic E-state index is 14.3. The Labute approximate surface area is 375 Å². The molecule has 16 nitrogen and oxygen atoms in total. The molecule has 0 radical (unpaired) electrons. The molecule has 0 unspecified atom stereocenters. The van der Waals surface area contributed by atoms with Crippen LogP contribution in [0.3, 0.4) is 0 Å². The van der Waals surface area contributed by atoms with Gasteiger partial charge in [-0.3, -0.25) is 18.7 Å². The van der Waals surface area contributed by atoms with E-state index in [1.54, 1.807) is 34.6 Å². The highest BCUT2D eigenvalue weighted by Crippen LogP contribution is 2.44. The molecule has 1 aliphatic carbocycles. The minimum absolute atomic E-state index is 0.0909. The third-order valence-electron chi connectivity index (χ3n) is 9.40. The zero-order valence-corrected chi connectivity index (χ0v) is 38.9. The summed E-state index contributed by atoms with van der Waals surface area (Å²) in [5.74, 6) is -4.79. The van der Waals surface area contributed by atoms with E-state index in [4.69, 9.17) is 53.8 Å². The van der Waals surface area contributed by atoms with Gasteiger partial charge >= 0.3 is 24.1 Å². The van der Waals surface area contributed by atoms with Crippen LogP contribution in [0.2, 0.25) is 0 Å². The van der Waals surface area contributed by atoms with E-state index in [9.17, 15) is 33.6 Å². The van der Waals surface area contributed by atoms with E-state index >= 15 is 0 Å². The molecule has 0 saturated carbocycles. The van der Waals surface area contributed by atoms with Crippen LogP contribution in [0.1, 0.15) is 65.5 Å². The average Bonchev–Trinajstić information content (AvgIpc) is 3.49.